The highest BCUT2D eigenvalue weighted by molar-refractivity contribution is 5.80. The summed E-state index contributed by atoms with van der Waals surface area (Å²) in [5, 5.41) is 15.3. The van der Waals surface area contributed by atoms with E-state index in [-0.39, 0.29) is 12.1 Å². The lowest BCUT2D eigenvalue weighted by Crippen LogP contribution is -2.48. The maximum Gasteiger partial charge on any atom is 0.191 e. The second-order valence-corrected chi connectivity index (χ2v) is 7.81. The van der Waals surface area contributed by atoms with Crippen molar-refractivity contribution in [3.63, 3.8) is 0 Å². The van der Waals surface area contributed by atoms with Gasteiger partial charge in [0.2, 0.25) is 0 Å². The molecule has 0 aliphatic carbocycles. The van der Waals surface area contributed by atoms with Crippen LogP contribution in [0, 0.1) is 5.92 Å². The Morgan fingerprint density at radius 3 is 2.93 bits per heavy atom. The Hall–Kier alpha value is -1.63. The lowest BCUT2D eigenvalue weighted by molar-refractivity contribution is 0.0890. The first-order valence-corrected chi connectivity index (χ1v) is 11.2. The molecule has 1 aromatic rings. The molecule has 2 rings (SSSR count). The maximum absolute atomic E-state index is 5.84. The van der Waals surface area contributed by atoms with Crippen LogP contribution in [0.15, 0.2) is 11.3 Å². The van der Waals surface area contributed by atoms with E-state index in [1.807, 2.05) is 0 Å². The van der Waals surface area contributed by atoms with Gasteiger partial charge in [-0.2, -0.15) is 0 Å². The summed E-state index contributed by atoms with van der Waals surface area (Å²) in [7, 11) is 0. The van der Waals surface area contributed by atoms with Gasteiger partial charge in [-0.3, -0.25) is 4.99 Å². The minimum absolute atomic E-state index is 0.255. The number of nitrogens with one attached hydrogen (secondary N) is 2. The minimum Gasteiger partial charge on any atom is -0.376 e. The van der Waals surface area contributed by atoms with Gasteiger partial charge >= 0.3 is 0 Å². The molecule has 2 N–H and O–H groups in total. The van der Waals surface area contributed by atoms with Gasteiger partial charge < -0.3 is 19.9 Å². The number of aliphatic imine (C=N–C) groups is 1. The number of unbranched alkanes of at least 4 members (excludes halogenated alkanes) is 1. The number of hydrogen-bond donors (Lipinski definition) is 2. The van der Waals surface area contributed by atoms with E-state index >= 15 is 0 Å². The maximum atomic E-state index is 5.84. The third kappa shape index (κ3) is 7.41. The van der Waals surface area contributed by atoms with Crippen LogP contribution in [-0.2, 0) is 17.7 Å². The fourth-order valence-electron chi connectivity index (χ4n) is 3.63. The van der Waals surface area contributed by atoms with E-state index in [1.165, 1.54) is 25.7 Å². The smallest absolute Gasteiger partial charge is 0.191 e. The van der Waals surface area contributed by atoms with Gasteiger partial charge in [0.15, 0.2) is 5.96 Å². The molecule has 3 atom stereocenters. The van der Waals surface area contributed by atoms with Gasteiger partial charge in [-0.1, -0.05) is 40.0 Å². The molecule has 1 aliphatic heterocycles. The highest BCUT2D eigenvalue weighted by Gasteiger charge is 2.23. The van der Waals surface area contributed by atoms with E-state index in [0.29, 0.717) is 5.92 Å². The van der Waals surface area contributed by atoms with Crippen LogP contribution in [0.4, 0.5) is 0 Å². The molecule has 0 bridgehead atoms. The van der Waals surface area contributed by atoms with Crippen LogP contribution in [0.5, 0.6) is 0 Å². The van der Waals surface area contributed by atoms with Gasteiger partial charge in [-0.15, -0.1) is 10.2 Å². The van der Waals surface area contributed by atoms with Crippen LogP contribution in [0.3, 0.4) is 0 Å². The highest BCUT2D eigenvalue weighted by Crippen LogP contribution is 2.16. The zero-order chi connectivity index (χ0) is 20.2. The average molecular weight is 393 g/mol. The molecule has 7 nitrogen and oxygen atoms in total. The number of aromatic nitrogens is 3. The Kier molecular flexibility index (Phi) is 10.3. The molecule has 0 spiro atoms. The van der Waals surface area contributed by atoms with Crippen molar-refractivity contribution in [3.8, 4) is 0 Å². The van der Waals surface area contributed by atoms with Crippen LogP contribution in [0.2, 0.25) is 0 Å². The van der Waals surface area contributed by atoms with Crippen LogP contribution < -0.4 is 10.6 Å². The van der Waals surface area contributed by atoms with E-state index in [2.05, 4.69) is 53.1 Å². The highest BCUT2D eigenvalue weighted by atomic mass is 16.5. The largest absolute Gasteiger partial charge is 0.376 e. The van der Waals surface area contributed by atoms with Gasteiger partial charge in [0.05, 0.1) is 12.1 Å². The van der Waals surface area contributed by atoms with E-state index < -0.39 is 0 Å². The summed E-state index contributed by atoms with van der Waals surface area (Å²) in [6.07, 6.45) is 10.2. The molecule has 1 fully saturated rings. The Balaban J connectivity index is 1.92. The molecule has 2 heterocycles. The molecule has 1 aromatic heterocycles. The topological polar surface area (TPSA) is 76.4 Å². The van der Waals surface area contributed by atoms with Crippen molar-refractivity contribution in [2.75, 3.05) is 19.7 Å². The molecular weight excluding hydrogens is 352 g/mol. The van der Waals surface area contributed by atoms with Crippen molar-refractivity contribution < 1.29 is 4.74 Å². The van der Waals surface area contributed by atoms with Crippen molar-refractivity contribution in [3.05, 3.63) is 12.2 Å². The lowest BCUT2D eigenvalue weighted by atomic mass is 10.00. The summed E-state index contributed by atoms with van der Waals surface area (Å²) >= 11 is 0. The van der Waals surface area contributed by atoms with Gasteiger partial charge in [0, 0.05) is 32.7 Å². The zero-order valence-electron chi connectivity index (χ0n) is 18.3. The van der Waals surface area contributed by atoms with Crippen molar-refractivity contribution in [2.24, 2.45) is 10.9 Å². The summed E-state index contributed by atoms with van der Waals surface area (Å²) < 4.78 is 7.94. The lowest BCUT2D eigenvalue weighted by Gasteiger charge is -2.23. The molecule has 0 radical (unpaired) electrons. The van der Waals surface area contributed by atoms with E-state index in [4.69, 9.17) is 9.73 Å². The van der Waals surface area contributed by atoms with E-state index in [1.54, 1.807) is 6.33 Å². The van der Waals surface area contributed by atoms with Crippen molar-refractivity contribution in [1.29, 1.82) is 0 Å². The van der Waals surface area contributed by atoms with Crippen LogP contribution in [0.25, 0.3) is 0 Å². The summed E-state index contributed by atoms with van der Waals surface area (Å²) in [6, 6.07) is 0.255. The number of rotatable bonds is 12. The van der Waals surface area contributed by atoms with E-state index in [9.17, 15) is 0 Å². The molecule has 0 saturated carbocycles. The zero-order valence-corrected chi connectivity index (χ0v) is 18.3. The van der Waals surface area contributed by atoms with Gasteiger partial charge in [0.25, 0.3) is 0 Å². The Morgan fingerprint density at radius 1 is 1.39 bits per heavy atom. The number of nitrogens with zero attached hydrogens (tertiary/aromatic N) is 4. The monoisotopic (exact) mass is 392 g/mol. The first-order valence-electron chi connectivity index (χ1n) is 11.2. The number of guanidine groups is 1. The molecule has 160 valence electrons. The average Bonchev–Trinajstić information content (AvgIpc) is 3.39. The number of ether oxygens (including phenoxy) is 1. The molecule has 7 heteroatoms. The predicted molar refractivity (Wildman–Crippen MR) is 115 cm³/mol. The quantitative estimate of drug-likeness (QED) is 0.422. The molecule has 3 unspecified atom stereocenters. The number of aryl methyl sites for hydroxylation is 1. The molecule has 0 amide bonds. The summed E-state index contributed by atoms with van der Waals surface area (Å²) in [6.45, 7) is 12.2. The first kappa shape index (κ1) is 22.7. The summed E-state index contributed by atoms with van der Waals surface area (Å²) in [5.41, 5.74) is 0. The van der Waals surface area contributed by atoms with Crippen LogP contribution in [0.1, 0.15) is 72.0 Å². The minimum atomic E-state index is 0.255. The fraction of sp³-hybridized carbons (Fsp3) is 0.857. The van der Waals surface area contributed by atoms with Gasteiger partial charge in [-0.05, 0) is 32.1 Å². The van der Waals surface area contributed by atoms with Crippen LogP contribution >= 0.6 is 0 Å². The number of hydrogen-bond acceptors (Lipinski definition) is 4. The Bertz CT molecular complexity index is 567. The molecule has 0 aromatic carbocycles. The van der Waals surface area contributed by atoms with Gasteiger partial charge in [0.1, 0.15) is 12.2 Å². The van der Waals surface area contributed by atoms with Crippen LogP contribution in [-0.4, -0.2) is 52.6 Å². The molecule has 1 aliphatic rings. The SMILES string of the molecule is CCCCC(CC)CN=C(NCCn1cnnc1CC)NC(C)C1CCCO1. The van der Waals surface area contributed by atoms with Crippen molar-refractivity contribution in [1.82, 2.24) is 25.4 Å². The van der Waals surface area contributed by atoms with Crippen molar-refractivity contribution >= 4 is 5.96 Å². The third-order valence-corrected chi connectivity index (χ3v) is 5.59. The standard InChI is InChI=1S/C21H40N6O/c1-5-8-10-18(6-2)15-23-21(25-17(4)19-11-9-14-28-19)22-12-13-27-16-24-26-20(27)7-3/h16-19H,5-15H2,1-4H3,(H2,22,23,25). The second kappa shape index (κ2) is 12.8. The second-order valence-electron chi connectivity index (χ2n) is 7.81. The van der Waals surface area contributed by atoms with E-state index in [0.717, 1.165) is 57.3 Å². The summed E-state index contributed by atoms with van der Waals surface area (Å²) in [5.74, 6) is 2.57. The van der Waals surface area contributed by atoms with Gasteiger partial charge in [-0.25, -0.2) is 0 Å². The normalized spacial score (nSPS) is 19.6. The Morgan fingerprint density at radius 2 is 2.25 bits per heavy atom. The fourth-order valence-corrected chi connectivity index (χ4v) is 3.63. The first-order chi connectivity index (χ1) is 13.7. The predicted octanol–water partition coefficient (Wildman–Crippen LogP) is 3.16. The third-order valence-electron chi connectivity index (χ3n) is 5.59. The summed E-state index contributed by atoms with van der Waals surface area (Å²) in [4.78, 5) is 4.92. The molecule has 1 saturated heterocycles. The molecular formula is C21H40N6O. The Labute approximate surface area is 170 Å². The molecule has 28 heavy (non-hydrogen) atoms. The van der Waals surface area contributed by atoms with Crippen molar-refractivity contribution in [2.45, 2.75) is 91.3 Å².